The molecule has 0 saturated carbocycles. The summed E-state index contributed by atoms with van der Waals surface area (Å²) in [6.45, 7) is 3.27. The fraction of sp³-hybridized carbons (Fsp3) is 0.333. The molecule has 2 N–H and O–H groups in total. The Hall–Kier alpha value is -2.08. The van der Waals surface area contributed by atoms with Crippen molar-refractivity contribution in [3.05, 3.63) is 41.7 Å². The van der Waals surface area contributed by atoms with Crippen molar-refractivity contribution in [3.8, 4) is 0 Å². The number of nitrogens with one attached hydrogen (secondary N) is 1. The minimum Gasteiger partial charge on any atom is -0.466 e. The molecule has 6 nitrogen and oxygen atoms in total. The molecule has 2 aromatic heterocycles. The molecule has 0 aliphatic heterocycles. The van der Waals surface area contributed by atoms with Crippen LogP contribution in [0.15, 0.2) is 33.4 Å². The number of hydrogen-bond acceptors (Lipinski definition) is 5. The number of aliphatic hydroxyl groups is 1. The Bertz CT molecular complexity index is 528. The molecule has 1 unspecified atom stereocenters. The van der Waals surface area contributed by atoms with Gasteiger partial charge in [-0.05, 0) is 26.0 Å². The van der Waals surface area contributed by atoms with Crippen LogP contribution in [-0.4, -0.2) is 22.7 Å². The van der Waals surface area contributed by atoms with E-state index in [0.717, 1.165) is 0 Å². The van der Waals surface area contributed by atoms with Crippen LogP contribution in [0.25, 0.3) is 0 Å². The van der Waals surface area contributed by atoms with Crippen molar-refractivity contribution in [2.75, 3.05) is 6.54 Å². The Labute approximate surface area is 104 Å². The number of aromatic nitrogens is 1. The molecule has 1 amide bonds. The smallest absolute Gasteiger partial charge is 0.273 e. The maximum absolute atomic E-state index is 11.7. The van der Waals surface area contributed by atoms with E-state index in [1.807, 2.05) is 0 Å². The SMILES string of the molecule is Cc1cc(C(=O)NCC(C)(O)c2ccco2)no1. The number of hydrogen-bond donors (Lipinski definition) is 2. The molecule has 0 aliphatic rings. The van der Waals surface area contributed by atoms with Crippen LogP contribution in [0.3, 0.4) is 0 Å². The highest BCUT2D eigenvalue weighted by atomic mass is 16.5. The predicted molar refractivity (Wildman–Crippen MR) is 61.9 cm³/mol. The molecule has 96 valence electrons. The van der Waals surface area contributed by atoms with E-state index in [4.69, 9.17) is 8.94 Å². The highest BCUT2D eigenvalue weighted by Gasteiger charge is 2.27. The molecule has 0 bridgehead atoms. The van der Waals surface area contributed by atoms with Crippen LogP contribution < -0.4 is 5.32 Å². The van der Waals surface area contributed by atoms with E-state index in [0.29, 0.717) is 11.5 Å². The standard InChI is InChI=1S/C12H14N2O4/c1-8-6-9(14-18-8)11(15)13-7-12(2,16)10-4-3-5-17-10/h3-6,16H,7H2,1-2H3,(H,13,15). The van der Waals surface area contributed by atoms with Gasteiger partial charge in [-0.3, -0.25) is 4.79 Å². The van der Waals surface area contributed by atoms with E-state index in [2.05, 4.69) is 10.5 Å². The van der Waals surface area contributed by atoms with Crippen LogP contribution in [0.2, 0.25) is 0 Å². The van der Waals surface area contributed by atoms with Crippen LogP contribution in [-0.2, 0) is 5.60 Å². The molecule has 0 aliphatic carbocycles. The van der Waals surface area contributed by atoms with Gasteiger partial charge in [-0.1, -0.05) is 5.16 Å². The third-order valence-electron chi connectivity index (χ3n) is 2.51. The molecule has 2 heterocycles. The van der Waals surface area contributed by atoms with Crippen LogP contribution in [0, 0.1) is 6.92 Å². The topological polar surface area (TPSA) is 88.5 Å². The monoisotopic (exact) mass is 250 g/mol. The molecular weight excluding hydrogens is 236 g/mol. The van der Waals surface area contributed by atoms with Gasteiger partial charge < -0.3 is 19.4 Å². The quantitative estimate of drug-likeness (QED) is 0.851. The van der Waals surface area contributed by atoms with Gasteiger partial charge in [0.2, 0.25) is 0 Å². The number of amides is 1. The summed E-state index contributed by atoms with van der Waals surface area (Å²) in [5, 5.41) is 16.3. The van der Waals surface area contributed by atoms with E-state index in [1.54, 1.807) is 26.0 Å². The van der Waals surface area contributed by atoms with Crippen molar-refractivity contribution in [2.45, 2.75) is 19.4 Å². The summed E-state index contributed by atoms with van der Waals surface area (Å²) >= 11 is 0. The lowest BCUT2D eigenvalue weighted by molar-refractivity contribution is 0.0329. The van der Waals surface area contributed by atoms with Gasteiger partial charge in [-0.25, -0.2) is 0 Å². The van der Waals surface area contributed by atoms with E-state index in [1.165, 1.54) is 12.3 Å². The summed E-state index contributed by atoms with van der Waals surface area (Å²) in [7, 11) is 0. The second-order valence-corrected chi connectivity index (χ2v) is 4.26. The lowest BCUT2D eigenvalue weighted by Gasteiger charge is -2.20. The Morgan fingerprint density at radius 1 is 1.61 bits per heavy atom. The first kappa shape index (κ1) is 12.4. The summed E-state index contributed by atoms with van der Waals surface area (Å²) in [6, 6.07) is 4.84. The second kappa shape index (κ2) is 4.66. The van der Waals surface area contributed by atoms with Crippen molar-refractivity contribution in [3.63, 3.8) is 0 Å². The average molecular weight is 250 g/mol. The summed E-state index contributed by atoms with van der Waals surface area (Å²) in [4.78, 5) is 11.7. The van der Waals surface area contributed by atoms with Gasteiger partial charge in [0.1, 0.15) is 17.1 Å². The Kier molecular flexibility index (Phi) is 3.20. The number of rotatable bonds is 4. The summed E-state index contributed by atoms with van der Waals surface area (Å²) in [5.74, 6) is 0.538. The number of carbonyl (C=O) groups is 1. The zero-order chi connectivity index (χ0) is 13.2. The van der Waals surface area contributed by atoms with Crippen LogP contribution in [0.4, 0.5) is 0 Å². The third-order valence-corrected chi connectivity index (χ3v) is 2.51. The molecule has 0 radical (unpaired) electrons. The molecular formula is C12H14N2O4. The Morgan fingerprint density at radius 2 is 2.39 bits per heavy atom. The van der Waals surface area contributed by atoms with Crippen LogP contribution >= 0.6 is 0 Å². The highest BCUT2D eigenvalue weighted by Crippen LogP contribution is 2.19. The van der Waals surface area contributed by atoms with Gasteiger partial charge in [0, 0.05) is 6.07 Å². The first-order valence-electron chi connectivity index (χ1n) is 5.47. The highest BCUT2D eigenvalue weighted by molar-refractivity contribution is 5.92. The maximum atomic E-state index is 11.7. The van der Waals surface area contributed by atoms with E-state index in [-0.39, 0.29) is 12.2 Å². The van der Waals surface area contributed by atoms with E-state index >= 15 is 0 Å². The summed E-state index contributed by atoms with van der Waals surface area (Å²) in [6.07, 6.45) is 1.46. The lowest BCUT2D eigenvalue weighted by Crippen LogP contribution is -2.38. The fourth-order valence-electron chi connectivity index (χ4n) is 1.49. The lowest BCUT2D eigenvalue weighted by atomic mass is 10.0. The van der Waals surface area contributed by atoms with Crippen molar-refractivity contribution in [2.24, 2.45) is 0 Å². The van der Waals surface area contributed by atoms with Gasteiger partial charge in [-0.2, -0.15) is 0 Å². The maximum Gasteiger partial charge on any atom is 0.273 e. The van der Waals surface area contributed by atoms with Crippen molar-refractivity contribution in [1.82, 2.24) is 10.5 Å². The summed E-state index contributed by atoms with van der Waals surface area (Å²) in [5.41, 5.74) is -1.08. The average Bonchev–Trinajstić information content (AvgIpc) is 2.96. The normalized spacial score (nSPS) is 14.2. The summed E-state index contributed by atoms with van der Waals surface area (Å²) < 4.78 is 9.90. The minimum absolute atomic E-state index is 0.0191. The molecule has 18 heavy (non-hydrogen) atoms. The fourth-order valence-corrected chi connectivity index (χ4v) is 1.49. The Balaban J connectivity index is 1.98. The van der Waals surface area contributed by atoms with Crippen LogP contribution in [0.1, 0.15) is 28.9 Å². The molecule has 0 aromatic carbocycles. The Morgan fingerprint density at radius 3 is 2.94 bits per heavy atom. The molecule has 0 spiro atoms. The van der Waals surface area contributed by atoms with Crippen molar-refractivity contribution < 1.29 is 18.8 Å². The largest absolute Gasteiger partial charge is 0.466 e. The molecule has 1 atom stereocenters. The van der Waals surface area contributed by atoms with E-state index < -0.39 is 11.5 Å². The zero-order valence-electron chi connectivity index (χ0n) is 10.1. The van der Waals surface area contributed by atoms with Gasteiger partial charge in [0.15, 0.2) is 5.69 Å². The van der Waals surface area contributed by atoms with Gasteiger partial charge >= 0.3 is 0 Å². The van der Waals surface area contributed by atoms with Gasteiger partial charge in [-0.15, -0.1) is 0 Å². The molecule has 0 fully saturated rings. The van der Waals surface area contributed by atoms with Crippen molar-refractivity contribution >= 4 is 5.91 Å². The molecule has 0 saturated heterocycles. The van der Waals surface area contributed by atoms with Crippen molar-refractivity contribution in [1.29, 1.82) is 0 Å². The van der Waals surface area contributed by atoms with Gasteiger partial charge in [0.25, 0.3) is 5.91 Å². The first-order valence-corrected chi connectivity index (χ1v) is 5.47. The number of furan rings is 1. The molecule has 2 rings (SSSR count). The molecule has 6 heteroatoms. The number of aryl methyl sites for hydroxylation is 1. The van der Waals surface area contributed by atoms with E-state index in [9.17, 15) is 9.90 Å². The number of nitrogens with zero attached hydrogens (tertiary/aromatic N) is 1. The third kappa shape index (κ3) is 2.60. The first-order chi connectivity index (χ1) is 8.49. The van der Waals surface area contributed by atoms with Gasteiger partial charge in [0.05, 0.1) is 12.8 Å². The molecule has 2 aromatic rings. The minimum atomic E-state index is -1.27. The zero-order valence-corrected chi connectivity index (χ0v) is 10.1. The van der Waals surface area contributed by atoms with Crippen LogP contribution in [0.5, 0.6) is 0 Å². The predicted octanol–water partition coefficient (Wildman–Crippen LogP) is 1.21. The number of carbonyl (C=O) groups excluding carboxylic acids is 1. The second-order valence-electron chi connectivity index (χ2n) is 4.26.